The molecule has 0 unspecified atom stereocenters. The van der Waals surface area contributed by atoms with E-state index in [9.17, 15) is 19.7 Å². The zero-order valence-electron chi connectivity index (χ0n) is 18.9. The van der Waals surface area contributed by atoms with Crippen LogP contribution in [-0.2, 0) is 15.9 Å². The number of nitro benzene ring substituents is 1. The third-order valence-corrected chi connectivity index (χ3v) is 5.67. The Kier molecular flexibility index (Phi) is 8.57. The molecule has 0 aliphatic carbocycles. The first-order valence-electron chi connectivity index (χ1n) is 10.8. The minimum absolute atomic E-state index is 0.0150. The first kappa shape index (κ1) is 25.1. The van der Waals surface area contributed by atoms with E-state index in [0.29, 0.717) is 18.0 Å². The number of rotatable bonds is 8. The maximum absolute atomic E-state index is 13.0. The summed E-state index contributed by atoms with van der Waals surface area (Å²) in [5.41, 5.74) is 3.95. The average molecular weight is 489 g/mol. The van der Waals surface area contributed by atoms with E-state index in [-0.39, 0.29) is 25.4 Å². The molecule has 0 spiro atoms. The third-order valence-electron chi connectivity index (χ3n) is 4.79. The van der Waals surface area contributed by atoms with Crippen LogP contribution >= 0.6 is 11.8 Å². The van der Waals surface area contributed by atoms with E-state index in [2.05, 4.69) is 10.5 Å². The highest BCUT2D eigenvalue weighted by Crippen LogP contribution is 2.29. The van der Waals surface area contributed by atoms with Gasteiger partial charge in [-0.05, 0) is 66.4 Å². The smallest absolute Gasteiger partial charge is 0.417 e. The molecule has 2 aromatic rings. The van der Waals surface area contributed by atoms with Crippen molar-refractivity contribution >= 4 is 34.8 Å². The topological polar surface area (TPSA) is 123 Å². The van der Waals surface area contributed by atoms with Crippen molar-refractivity contribution in [1.82, 2.24) is 10.5 Å². The van der Waals surface area contributed by atoms with Gasteiger partial charge in [0.15, 0.2) is 0 Å². The van der Waals surface area contributed by atoms with Gasteiger partial charge in [0, 0.05) is 17.0 Å². The molecule has 1 N–H and O–H groups in total. The van der Waals surface area contributed by atoms with E-state index in [1.165, 1.54) is 29.0 Å². The number of nitrogens with zero attached hydrogens (tertiary/aromatic N) is 4. The number of nitro groups is 1. The molecule has 34 heavy (non-hydrogen) atoms. The number of non-ortho nitro benzene ring substituents is 1. The molecule has 0 saturated heterocycles. The van der Waals surface area contributed by atoms with Crippen molar-refractivity contribution < 1.29 is 28.7 Å². The lowest BCUT2D eigenvalue weighted by molar-refractivity contribution is -0.912. The van der Waals surface area contributed by atoms with Crippen molar-refractivity contribution in [2.24, 2.45) is 5.10 Å². The molecule has 1 aliphatic heterocycles. The van der Waals surface area contributed by atoms with Gasteiger partial charge in [-0.3, -0.25) is 10.1 Å². The van der Waals surface area contributed by atoms with Crippen LogP contribution < -0.4 is 5.43 Å². The molecule has 0 atom stereocenters. The number of carbonyl (C=O) groups excluding carboxylic acids is 2. The van der Waals surface area contributed by atoms with Gasteiger partial charge in [0.25, 0.3) is 5.69 Å². The number of imide groups is 1. The van der Waals surface area contributed by atoms with Crippen molar-refractivity contribution in [1.29, 1.82) is 0 Å². The molecule has 3 rings (SSSR count). The SMILES string of the molecule is CCOC(=O)[N+]1(C(=O)OCC)N=C(Sc2ccccc2)NN1CCCc1ccc([N+](=O)[O-])cc1. The molecule has 2 amide bonds. The minimum atomic E-state index is -1.14. The van der Waals surface area contributed by atoms with Crippen LogP contribution in [0.3, 0.4) is 0 Å². The number of nitrogens with one attached hydrogen (secondary N) is 1. The summed E-state index contributed by atoms with van der Waals surface area (Å²) >= 11 is 1.26. The van der Waals surface area contributed by atoms with Gasteiger partial charge in [-0.1, -0.05) is 30.3 Å². The van der Waals surface area contributed by atoms with Crippen molar-refractivity contribution in [2.45, 2.75) is 31.6 Å². The Morgan fingerprint density at radius 3 is 2.24 bits per heavy atom. The molecule has 1 aliphatic rings. The standard InChI is InChI=1S/C22H26N5O6S/c1-3-32-21(28)27(22(29)33-4-2)24-20(34-19-10-6-5-7-11-19)23-25(27)16-8-9-17-12-14-18(15-13-17)26(30)31/h5-7,10-15H,3-4,8-9,16H2,1-2H3,(H,23,24)/q+1. The molecule has 0 bridgehead atoms. The van der Waals surface area contributed by atoms with E-state index in [1.54, 1.807) is 26.0 Å². The van der Waals surface area contributed by atoms with Crippen LogP contribution in [0.5, 0.6) is 0 Å². The summed E-state index contributed by atoms with van der Waals surface area (Å²) in [4.78, 5) is 37.3. The molecule has 0 aromatic heterocycles. The molecule has 180 valence electrons. The molecule has 0 fully saturated rings. The van der Waals surface area contributed by atoms with Gasteiger partial charge in [-0.2, -0.15) is 9.59 Å². The van der Waals surface area contributed by atoms with Crippen LogP contribution in [0.2, 0.25) is 0 Å². The first-order chi connectivity index (χ1) is 16.4. The summed E-state index contributed by atoms with van der Waals surface area (Å²) in [6.45, 7) is 3.64. The van der Waals surface area contributed by atoms with Gasteiger partial charge in [0.1, 0.15) is 4.70 Å². The highest BCUT2D eigenvalue weighted by molar-refractivity contribution is 8.13. The first-order valence-corrected chi connectivity index (χ1v) is 11.6. The highest BCUT2D eigenvalue weighted by atomic mass is 32.2. The van der Waals surface area contributed by atoms with Crippen molar-refractivity contribution in [3.8, 4) is 0 Å². The lowest BCUT2D eigenvalue weighted by Gasteiger charge is -2.27. The second-order valence-corrected chi connectivity index (χ2v) is 8.14. The fraction of sp³-hybridized carbons (Fsp3) is 0.318. The van der Waals surface area contributed by atoms with Crippen LogP contribution in [0.4, 0.5) is 15.3 Å². The van der Waals surface area contributed by atoms with Crippen molar-refractivity contribution in [3.63, 3.8) is 0 Å². The Bertz CT molecular complexity index is 1030. The monoisotopic (exact) mass is 488 g/mol. The van der Waals surface area contributed by atoms with Gasteiger partial charge >= 0.3 is 12.2 Å². The number of hydrazine groups is 1. The predicted molar refractivity (Wildman–Crippen MR) is 125 cm³/mol. The Hall–Kier alpha value is -3.48. The average Bonchev–Trinajstić information content (AvgIpc) is 3.19. The number of quaternary nitrogens is 1. The Morgan fingerprint density at radius 2 is 1.68 bits per heavy atom. The number of thioether (sulfide) groups is 1. The maximum atomic E-state index is 13.0. The van der Waals surface area contributed by atoms with E-state index >= 15 is 0 Å². The van der Waals surface area contributed by atoms with Gasteiger partial charge in [0.2, 0.25) is 5.17 Å². The van der Waals surface area contributed by atoms with Gasteiger partial charge in [0.05, 0.1) is 24.7 Å². The van der Waals surface area contributed by atoms with Gasteiger partial charge in [-0.25, -0.2) is 5.43 Å². The fourth-order valence-electron chi connectivity index (χ4n) is 3.23. The fourth-order valence-corrected chi connectivity index (χ4v) is 4.06. The number of amides is 2. The molecule has 2 aromatic carbocycles. The number of hydrogen-bond donors (Lipinski definition) is 1. The number of benzene rings is 2. The largest absolute Gasteiger partial charge is 0.577 e. The van der Waals surface area contributed by atoms with E-state index in [4.69, 9.17) is 9.47 Å². The third kappa shape index (κ3) is 5.71. The number of ether oxygens (including phenoxy) is 2. The van der Waals surface area contributed by atoms with E-state index in [1.807, 2.05) is 30.3 Å². The minimum Gasteiger partial charge on any atom is -0.417 e. The summed E-state index contributed by atoms with van der Waals surface area (Å²) in [6, 6.07) is 15.7. The number of aryl methyl sites for hydroxylation is 1. The quantitative estimate of drug-likeness (QED) is 0.326. The number of hydrogen-bond acceptors (Lipinski definition) is 10. The van der Waals surface area contributed by atoms with Crippen molar-refractivity contribution in [3.05, 3.63) is 70.3 Å². The van der Waals surface area contributed by atoms with Crippen LogP contribution in [0.25, 0.3) is 0 Å². The Balaban J connectivity index is 1.82. The van der Waals surface area contributed by atoms with Crippen LogP contribution in [0.1, 0.15) is 25.8 Å². The second kappa shape index (κ2) is 11.6. The zero-order valence-corrected chi connectivity index (χ0v) is 19.7. The van der Waals surface area contributed by atoms with Gasteiger partial charge in [-0.15, -0.1) is 0 Å². The molecular weight excluding hydrogens is 462 g/mol. The number of carbonyl (C=O) groups is 2. The molecular formula is C22H26N5O6S+. The molecule has 11 nitrogen and oxygen atoms in total. The molecule has 1 heterocycles. The molecule has 0 saturated carbocycles. The summed E-state index contributed by atoms with van der Waals surface area (Å²) < 4.78 is 9.25. The number of amidine groups is 1. The lowest BCUT2D eigenvalue weighted by atomic mass is 10.1. The van der Waals surface area contributed by atoms with Crippen LogP contribution in [0, 0.1) is 10.1 Å². The summed E-state index contributed by atoms with van der Waals surface area (Å²) in [7, 11) is 0. The lowest BCUT2D eigenvalue weighted by Crippen LogP contribution is -2.64. The summed E-state index contributed by atoms with van der Waals surface area (Å²) in [5.74, 6) is 0. The van der Waals surface area contributed by atoms with E-state index < -0.39 is 21.8 Å². The zero-order chi connectivity index (χ0) is 24.6. The Morgan fingerprint density at radius 1 is 1.06 bits per heavy atom. The van der Waals surface area contributed by atoms with Gasteiger partial charge < -0.3 is 9.47 Å². The second-order valence-electron chi connectivity index (χ2n) is 7.08. The van der Waals surface area contributed by atoms with E-state index in [0.717, 1.165) is 10.5 Å². The predicted octanol–water partition coefficient (Wildman–Crippen LogP) is 4.46. The highest BCUT2D eigenvalue weighted by Gasteiger charge is 2.61. The van der Waals surface area contributed by atoms with Crippen LogP contribution in [-0.4, -0.2) is 51.9 Å². The normalized spacial score (nSPS) is 14.7. The Labute approximate surface area is 201 Å². The maximum Gasteiger partial charge on any atom is 0.577 e. The molecule has 0 radical (unpaired) electrons. The molecule has 12 heteroatoms. The van der Waals surface area contributed by atoms with Crippen molar-refractivity contribution in [2.75, 3.05) is 19.8 Å². The van der Waals surface area contributed by atoms with Crippen LogP contribution in [0.15, 0.2) is 64.6 Å². The summed E-state index contributed by atoms with van der Waals surface area (Å²) in [6.07, 6.45) is -0.689. The summed E-state index contributed by atoms with van der Waals surface area (Å²) in [5, 5.41) is 17.0.